The molecule has 0 N–H and O–H groups in total. The van der Waals surface area contributed by atoms with Crippen molar-refractivity contribution in [3.63, 3.8) is 0 Å². The van der Waals surface area contributed by atoms with Crippen LogP contribution in [0.4, 0.5) is 0 Å². The standard InChI is InChI=1S/C23H29NO4S/c1-19-12-14-24(15-13-19)29(26,27)22(16-20-8-4-2-5-9-20)17-23(25)28-18-21-10-6-3-7-11-21/h2-11,19,22H,12-18H2,1H3. The number of hydrogen-bond donors (Lipinski definition) is 0. The van der Waals surface area contributed by atoms with Crippen LogP contribution in [0.1, 0.15) is 37.3 Å². The van der Waals surface area contributed by atoms with E-state index in [1.807, 2.05) is 60.7 Å². The Balaban J connectivity index is 1.71. The molecular weight excluding hydrogens is 386 g/mol. The van der Waals surface area contributed by atoms with E-state index >= 15 is 0 Å². The molecule has 1 aliphatic rings. The maximum absolute atomic E-state index is 13.3. The Morgan fingerprint density at radius 3 is 2.14 bits per heavy atom. The molecule has 1 atom stereocenters. The van der Waals surface area contributed by atoms with Crippen LogP contribution in [0, 0.1) is 5.92 Å². The number of esters is 1. The Bertz CT molecular complexity index is 876. The third kappa shape index (κ3) is 6.15. The number of carbonyl (C=O) groups is 1. The van der Waals surface area contributed by atoms with Gasteiger partial charge in [-0.1, -0.05) is 67.6 Å². The Labute approximate surface area is 173 Å². The summed E-state index contributed by atoms with van der Waals surface area (Å²) in [6.07, 6.45) is 1.87. The van der Waals surface area contributed by atoms with Gasteiger partial charge in [-0.3, -0.25) is 4.79 Å². The lowest BCUT2D eigenvalue weighted by atomic mass is 10.0. The molecule has 0 aromatic heterocycles. The van der Waals surface area contributed by atoms with Gasteiger partial charge in [0.25, 0.3) is 0 Å². The zero-order chi connectivity index (χ0) is 20.7. The summed E-state index contributed by atoms with van der Waals surface area (Å²) in [5.74, 6) is 0.0496. The molecule has 1 fully saturated rings. The average molecular weight is 416 g/mol. The van der Waals surface area contributed by atoms with Crippen LogP contribution < -0.4 is 0 Å². The van der Waals surface area contributed by atoms with Crippen LogP contribution in [0.3, 0.4) is 0 Å². The maximum Gasteiger partial charge on any atom is 0.307 e. The van der Waals surface area contributed by atoms with Gasteiger partial charge in [0.1, 0.15) is 6.61 Å². The Morgan fingerprint density at radius 1 is 1.00 bits per heavy atom. The smallest absolute Gasteiger partial charge is 0.307 e. The Kier molecular flexibility index (Phi) is 7.45. The van der Waals surface area contributed by atoms with Gasteiger partial charge in [0, 0.05) is 13.1 Å². The van der Waals surface area contributed by atoms with E-state index in [1.165, 1.54) is 0 Å². The molecule has 2 aromatic carbocycles. The highest BCUT2D eigenvalue weighted by atomic mass is 32.2. The second kappa shape index (κ2) is 10.0. The molecule has 5 nitrogen and oxygen atoms in total. The van der Waals surface area contributed by atoms with Crippen LogP contribution in [0.15, 0.2) is 60.7 Å². The van der Waals surface area contributed by atoms with Gasteiger partial charge in [0.2, 0.25) is 10.0 Å². The first kappa shape index (κ1) is 21.5. The SMILES string of the molecule is CC1CCN(S(=O)(=O)C(CC(=O)OCc2ccccc2)Cc2ccccc2)CC1. The van der Waals surface area contributed by atoms with Crippen LogP contribution >= 0.6 is 0 Å². The fraction of sp³-hybridized carbons (Fsp3) is 0.435. The fourth-order valence-electron chi connectivity index (χ4n) is 3.59. The van der Waals surface area contributed by atoms with Crippen molar-refractivity contribution < 1.29 is 17.9 Å². The number of piperidine rings is 1. The highest BCUT2D eigenvalue weighted by Gasteiger charge is 2.35. The molecule has 1 aliphatic heterocycles. The first-order valence-corrected chi connectivity index (χ1v) is 11.7. The lowest BCUT2D eigenvalue weighted by Crippen LogP contribution is -2.44. The summed E-state index contributed by atoms with van der Waals surface area (Å²) in [4.78, 5) is 12.5. The number of rotatable bonds is 8. The molecule has 1 unspecified atom stereocenters. The van der Waals surface area contributed by atoms with Crippen molar-refractivity contribution in [1.29, 1.82) is 0 Å². The molecule has 0 bridgehead atoms. The van der Waals surface area contributed by atoms with E-state index in [1.54, 1.807) is 4.31 Å². The van der Waals surface area contributed by atoms with Gasteiger partial charge in [-0.2, -0.15) is 0 Å². The third-order valence-corrected chi connectivity index (χ3v) is 7.73. The van der Waals surface area contributed by atoms with E-state index in [0.717, 1.165) is 24.0 Å². The van der Waals surface area contributed by atoms with Gasteiger partial charge in [-0.05, 0) is 36.3 Å². The minimum absolute atomic E-state index is 0.143. The van der Waals surface area contributed by atoms with Gasteiger partial charge in [0.05, 0.1) is 11.7 Å². The van der Waals surface area contributed by atoms with Crippen molar-refractivity contribution >= 4 is 16.0 Å². The maximum atomic E-state index is 13.3. The number of hydrogen-bond acceptors (Lipinski definition) is 4. The Morgan fingerprint density at radius 2 is 1.55 bits per heavy atom. The predicted octanol–water partition coefficient (Wildman–Crippen LogP) is 3.79. The molecule has 1 saturated heterocycles. The molecular formula is C23H29NO4S. The zero-order valence-electron chi connectivity index (χ0n) is 16.9. The second-order valence-electron chi connectivity index (χ2n) is 7.79. The van der Waals surface area contributed by atoms with E-state index in [4.69, 9.17) is 4.74 Å². The van der Waals surface area contributed by atoms with Crippen molar-refractivity contribution in [1.82, 2.24) is 4.31 Å². The van der Waals surface area contributed by atoms with E-state index in [-0.39, 0.29) is 13.0 Å². The van der Waals surface area contributed by atoms with Crippen molar-refractivity contribution in [2.24, 2.45) is 5.92 Å². The van der Waals surface area contributed by atoms with Gasteiger partial charge in [-0.15, -0.1) is 0 Å². The van der Waals surface area contributed by atoms with E-state index in [2.05, 4.69) is 6.92 Å². The largest absolute Gasteiger partial charge is 0.461 e. The number of ether oxygens (including phenoxy) is 1. The molecule has 0 aliphatic carbocycles. The third-order valence-electron chi connectivity index (χ3n) is 5.47. The molecule has 1 heterocycles. The minimum Gasteiger partial charge on any atom is -0.461 e. The van der Waals surface area contributed by atoms with Crippen LogP contribution in [-0.2, 0) is 32.6 Å². The lowest BCUT2D eigenvalue weighted by molar-refractivity contribution is -0.145. The summed E-state index contributed by atoms with van der Waals surface area (Å²) in [6, 6.07) is 18.9. The molecule has 0 spiro atoms. The number of benzene rings is 2. The van der Waals surface area contributed by atoms with Gasteiger partial charge in [-0.25, -0.2) is 12.7 Å². The monoisotopic (exact) mass is 415 g/mol. The summed E-state index contributed by atoms with van der Waals surface area (Å²) >= 11 is 0. The lowest BCUT2D eigenvalue weighted by Gasteiger charge is -2.32. The fourth-order valence-corrected chi connectivity index (χ4v) is 5.48. The van der Waals surface area contributed by atoms with Crippen molar-refractivity contribution in [2.45, 2.75) is 44.5 Å². The molecule has 29 heavy (non-hydrogen) atoms. The first-order chi connectivity index (χ1) is 13.9. The number of sulfonamides is 1. The summed E-state index contributed by atoms with van der Waals surface area (Å²) in [5.41, 5.74) is 1.79. The number of nitrogens with zero attached hydrogens (tertiary/aromatic N) is 1. The van der Waals surface area contributed by atoms with Crippen LogP contribution in [-0.4, -0.2) is 37.0 Å². The summed E-state index contributed by atoms with van der Waals surface area (Å²) in [6.45, 7) is 3.34. The minimum atomic E-state index is -3.59. The van der Waals surface area contributed by atoms with Crippen LogP contribution in [0.25, 0.3) is 0 Å². The van der Waals surface area contributed by atoms with Crippen molar-refractivity contribution in [3.8, 4) is 0 Å². The topological polar surface area (TPSA) is 63.7 Å². The molecule has 0 amide bonds. The summed E-state index contributed by atoms with van der Waals surface area (Å²) in [7, 11) is -3.59. The molecule has 6 heteroatoms. The molecule has 3 rings (SSSR count). The molecule has 0 saturated carbocycles. The molecule has 156 valence electrons. The van der Waals surface area contributed by atoms with Crippen LogP contribution in [0.2, 0.25) is 0 Å². The van der Waals surface area contributed by atoms with Crippen molar-refractivity contribution in [3.05, 3.63) is 71.8 Å². The van der Waals surface area contributed by atoms with Gasteiger partial charge >= 0.3 is 5.97 Å². The Hall–Kier alpha value is -2.18. The number of carbonyl (C=O) groups excluding carboxylic acids is 1. The predicted molar refractivity (Wildman–Crippen MR) is 114 cm³/mol. The summed E-state index contributed by atoms with van der Waals surface area (Å²) < 4.78 is 33.6. The molecule has 2 aromatic rings. The highest BCUT2D eigenvalue weighted by Crippen LogP contribution is 2.24. The summed E-state index contributed by atoms with van der Waals surface area (Å²) in [5, 5.41) is -0.818. The quantitative estimate of drug-likeness (QED) is 0.616. The second-order valence-corrected chi connectivity index (χ2v) is 10.0. The first-order valence-electron chi connectivity index (χ1n) is 10.2. The van der Waals surface area contributed by atoms with Crippen molar-refractivity contribution in [2.75, 3.05) is 13.1 Å². The highest BCUT2D eigenvalue weighted by molar-refractivity contribution is 7.89. The van der Waals surface area contributed by atoms with E-state index in [0.29, 0.717) is 25.4 Å². The normalized spacial score (nSPS) is 17.0. The van der Waals surface area contributed by atoms with E-state index < -0.39 is 21.2 Å². The van der Waals surface area contributed by atoms with Crippen LogP contribution in [0.5, 0.6) is 0 Å². The zero-order valence-corrected chi connectivity index (χ0v) is 17.7. The van der Waals surface area contributed by atoms with E-state index in [9.17, 15) is 13.2 Å². The molecule has 0 radical (unpaired) electrons. The average Bonchev–Trinajstić information content (AvgIpc) is 2.73. The van der Waals surface area contributed by atoms with Gasteiger partial charge in [0.15, 0.2) is 0 Å². The van der Waals surface area contributed by atoms with Gasteiger partial charge < -0.3 is 4.74 Å².